The molecule has 0 atom stereocenters. The molecule has 3 N–H and O–H groups in total. The number of H-pyrrole nitrogens is 2. The quantitative estimate of drug-likeness (QED) is 0.645. The number of rotatable bonds is 6. The Morgan fingerprint density at radius 2 is 1.88 bits per heavy atom. The molecule has 3 aromatic rings. The minimum Gasteiger partial charge on any atom is -0.508 e. The van der Waals surface area contributed by atoms with E-state index < -0.39 is 0 Å². The molecule has 6 nitrogen and oxygen atoms in total. The van der Waals surface area contributed by atoms with Crippen LogP contribution in [-0.4, -0.2) is 32.9 Å². The number of aryl methyl sites for hydroxylation is 1. The second kappa shape index (κ2) is 7.25. The third-order valence-electron chi connectivity index (χ3n) is 4.19. The van der Waals surface area contributed by atoms with Crippen molar-refractivity contribution in [3.63, 3.8) is 0 Å². The third kappa shape index (κ3) is 4.29. The number of carbonyl (C=O) groups is 1. The standard InChI is InChI=1S/C19H21N3O3/c1-22(12-14-5-2-6-15(23)10-14)18(24)7-3-4-13-8-9-16-17(11-13)21-19(25)20-16/h2,5-6,8-11,23H,3-4,7,12H2,1H3,(H2,20,21,25). The van der Waals surface area contributed by atoms with Gasteiger partial charge in [0.1, 0.15) is 5.75 Å². The molecule has 6 heteroatoms. The molecule has 3 rings (SSSR count). The zero-order valence-electron chi connectivity index (χ0n) is 14.1. The number of nitrogens with one attached hydrogen (secondary N) is 2. The minimum absolute atomic E-state index is 0.0690. The number of carbonyl (C=O) groups excluding carboxylic acids is 1. The van der Waals surface area contributed by atoms with Crippen LogP contribution in [0.25, 0.3) is 11.0 Å². The van der Waals surface area contributed by atoms with Gasteiger partial charge in [-0.3, -0.25) is 4.79 Å². The van der Waals surface area contributed by atoms with E-state index in [1.807, 2.05) is 24.3 Å². The number of phenolic OH excluding ortho intramolecular Hbond substituents is 1. The summed E-state index contributed by atoms with van der Waals surface area (Å²) in [6, 6.07) is 12.7. The van der Waals surface area contributed by atoms with Gasteiger partial charge in [0.05, 0.1) is 11.0 Å². The molecule has 0 aliphatic heterocycles. The molecule has 0 bridgehead atoms. The summed E-state index contributed by atoms with van der Waals surface area (Å²) in [5.74, 6) is 0.274. The van der Waals surface area contributed by atoms with Crippen molar-refractivity contribution in [3.8, 4) is 5.75 Å². The van der Waals surface area contributed by atoms with E-state index in [4.69, 9.17) is 0 Å². The van der Waals surface area contributed by atoms with E-state index in [1.54, 1.807) is 30.1 Å². The number of imidazole rings is 1. The number of hydrogen-bond donors (Lipinski definition) is 3. The molecule has 1 heterocycles. The smallest absolute Gasteiger partial charge is 0.323 e. The Labute approximate surface area is 145 Å². The zero-order valence-corrected chi connectivity index (χ0v) is 14.1. The molecule has 0 aliphatic rings. The molecule has 0 saturated carbocycles. The van der Waals surface area contributed by atoms with Crippen LogP contribution in [0.1, 0.15) is 24.0 Å². The summed E-state index contributed by atoms with van der Waals surface area (Å²) >= 11 is 0. The summed E-state index contributed by atoms with van der Waals surface area (Å²) in [7, 11) is 1.77. The van der Waals surface area contributed by atoms with Crippen molar-refractivity contribution in [2.75, 3.05) is 7.05 Å². The van der Waals surface area contributed by atoms with Crippen LogP contribution in [-0.2, 0) is 17.8 Å². The highest BCUT2D eigenvalue weighted by molar-refractivity contribution is 5.76. The van der Waals surface area contributed by atoms with Gasteiger partial charge >= 0.3 is 5.69 Å². The molecule has 0 unspecified atom stereocenters. The van der Waals surface area contributed by atoms with Gasteiger partial charge in [0, 0.05) is 20.0 Å². The third-order valence-corrected chi connectivity index (χ3v) is 4.19. The van der Waals surface area contributed by atoms with Crippen molar-refractivity contribution in [1.29, 1.82) is 0 Å². The second-order valence-electron chi connectivity index (χ2n) is 6.23. The molecule has 0 saturated heterocycles. The molecule has 0 spiro atoms. The monoisotopic (exact) mass is 339 g/mol. The second-order valence-corrected chi connectivity index (χ2v) is 6.23. The van der Waals surface area contributed by atoms with Crippen LogP contribution < -0.4 is 5.69 Å². The number of aromatic hydroxyl groups is 1. The number of phenols is 1. The lowest BCUT2D eigenvalue weighted by Gasteiger charge is -2.17. The number of amides is 1. The highest BCUT2D eigenvalue weighted by Crippen LogP contribution is 2.15. The van der Waals surface area contributed by atoms with Gasteiger partial charge in [0.15, 0.2) is 0 Å². The lowest BCUT2D eigenvalue weighted by Crippen LogP contribution is -2.25. The summed E-state index contributed by atoms with van der Waals surface area (Å²) in [6.07, 6.45) is 1.97. The van der Waals surface area contributed by atoms with Crippen molar-refractivity contribution in [2.24, 2.45) is 0 Å². The zero-order chi connectivity index (χ0) is 17.8. The van der Waals surface area contributed by atoms with Gasteiger partial charge in [-0.05, 0) is 48.2 Å². The van der Waals surface area contributed by atoms with Gasteiger partial charge in [0.2, 0.25) is 5.91 Å². The maximum Gasteiger partial charge on any atom is 0.323 e. The number of benzene rings is 2. The van der Waals surface area contributed by atoms with Crippen molar-refractivity contribution < 1.29 is 9.90 Å². The van der Waals surface area contributed by atoms with Crippen molar-refractivity contribution >= 4 is 16.9 Å². The summed E-state index contributed by atoms with van der Waals surface area (Å²) in [4.78, 5) is 30.6. The van der Waals surface area contributed by atoms with Gasteiger partial charge in [-0.1, -0.05) is 18.2 Å². The number of aromatic amines is 2. The fraction of sp³-hybridized carbons (Fsp3) is 0.263. The van der Waals surface area contributed by atoms with Gasteiger partial charge in [-0.25, -0.2) is 4.79 Å². The van der Waals surface area contributed by atoms with E-state index in [0.717, 1.165) is 35.0 Å². The van der Waals surface area contributed by atoms with Crippen LogP contribution >= 0.6 is 0 Å². The van der Waals surface area contributed by atoms with E-state index in [2.05, 4.69) is 9.97 Å². The van der Waals surface area contributed by atoms with Crippen molar-refractivity contribution in [1.82, 2.24) is 14.9 Å². The Hall–Kier alpha value is -3.02. The highest BCUT2D eigenvalue weighted by Gasteiger charge is 2.10. The average Bonchev–Trinajstić information content (AvgIpc) is 2.94. The van der Waals surface area contributed by atoms with Crippen LogP contribution in [0.15, 0.2) is 47.3 Å². The predicted octanol–water partition coefficient (Wildman–Crippen LogP) is 2.54. The first-order valence-electron chi connectivity index (χ1n) is 8.24. The van der Waals surface area contributed by atoms with Gasteiger partial charge in [-0.15, -0.1) is 0 Å². The van der Waals surface area contributed by atoms with Crippen LogP contribution in [0.3, 0.4) is 0 Å². The molecular formula is C19H21N3O3. The lowest BCUT2D eigenvalue weighted by molar-refractivity contribution is -0.130. The fourth-order valence-corrected chi connectivity index (χ4v) is 2.89. The SMILES string of the molecule is CN(Cc1cccc(O)c1)C(=O)CCCc1ccc2[nH]c(=O)[nH]c2c1. The van der Waals surface area contributed by atoms with E-state index in [-0.39, 0.29) is 17.3 Å². The number of aromatic nitrogens is 2. The molecular weight excluding hydrogens is 318 g/mol. The van der Waals surface area contributed by atoms with Crippen molar-refractivity contribution in [3.05, 3.63) is 64.1 Å². The lowest BCUT2D eigenvalue weighted by atomic mass is 10.1. The van der Waals surface area contributed by atoms with E-state index in [0.29, 0.717) is 13.0 Å². The minimum atomic E-state index is -0.212. The number of nitrogens with zero attached hydrogens (tertiary/aromatic N) is 1. The Kier molecular flexibility index (Phi) is 4.88. The van der Waals surface area contributed by atoms with Crippen LogP contribution in [0, 0.1) is 0 Å². The van der Waals surface area contributed by atoms with Gasteiger partial charge in [0.25, 0.3) is 0 Å². The van der Waals surface area contributed by atoms with Crippen LogP contribution in [0.5, 0.6) is 5.75 Å². The Bertz CT molecular complexity index is 942. The van der Waals surface area contributed by atoms with Crippen molar-refractivity contribution in [2.45, 2.75) is 25.8 Å². The summed E-state index contributed by atoms with van der Waals surface area (Å²) in [6.45, 7) is 0.476. The molecule has 0 aliphatic carbocycles. The number of fused-ring (bicyclic) bond motifs is 1. The molecule has 0 radical (unpaired) electrons. The molecule has 2 aromatic carbocycles. The predicted molar refractivity (Wildman–Crippen MR) is 96.4 cm³/mol. The van der Waals surface area contributed by atoms with E-state index >= 15 is 0 Å². The Morgan fingerprint density at radius 3 is 2.68 bits per heavy atom. The molecule has 1 aromatic heterocycles. The van der Waals surface area contributed by atoms with Gasteiger partial charge < -0.3 is 20.0 Å². The van der Waals surface area contributed by atoms with Gasteiger partial charge in [-0.2, -0.15) is 0 Å². The summed E-state index contributed by atoms with van der Waals surface area (Å²) in [5.41, 5.74) is 3.35. The Balaban J connectivity index is 1.51. The maximum absolute atomic E-state index is 12.2. The first-order valence-corrected chi connectivity index (χ1v) is 8.24. The highest BCUT2D eigenvalue weighted by atomic mass is 16.3. The van der Waals surface area contributed by atoms with E-state index in [1.165, 1.54) is 0 Å². The first kappa shape index (κ1) is 16.8. The number of hydrogen-bond acceptors (Lipinski definition) is 3. The summed E-state index contributed by atoms with van der Waals surface area (Å²) in [5, 5.41) is 9.48. The van der Waals surface area contributed by atoms with Crippen LogP contribution in [0.2, 0.25) is 0 Å². The molecule has 25 heavy (non-hydrogen) atoms. The van der Waals surface area contributed by atoms with Crippen LogP contribution in [0.4, 0.5) is 0 Å². The Morgan fingerprint density at radius 1 is 1.08 bits per heavy atom. The molecule has 1 amide bonds. The molecule has 0 fully saturated rings. The topological polar surface area (TPSA) is 89.2 Å². The fourth-order valence-electron chi connectivity index (χ4n) is 2.89. The first-order chi connectivity index (χ1) is 12.0. The summed E-state index contributed by atoms with van der Waals surface area (Å²) < 4.78 is 0. The normalized spacial score (nSPS) is 10.9. The molecule has 130 valence electrons. The maximum atomic E-state index is 12.2. The average molecular weight is 339 g/mol. The van der Waals surface area contributed by atoms with E-state index in [9.17, 15) is 14.7 Å². The largest absolute Gasteiger partial charge is 0.508 e.